The summed E-state index contributed by atoms with van der Waals surface area (Å²) in [6.07, 6.45) is 4.08. The van der Waals surface area contributed by atoms with E-state index in [1.54, 1.807) is 23.1 Å². The Morgan fingerprint density at radius 1 is 1.19 bits per heavy atom. The molecule has 1 aliphatic heterocycles. The zero-order valence-corrected chi connectivity index (χ0v) is 16.5. The molecular weight excluding hydrogens is 360 g/mol. The molecule has 0 spiro atoms. The number of hydrogen-bond acceptors (Lipinski definition) is 4. The predicted octanol–water partition coefficient (Wildman–Crippen LogP) is 5.18. The van der Waals surface area contributed by atoms with Gasteiger partial charge in [-0.25, -0.2) is 4.98 Å². The molecule has 1 aliphatic rings. The van der Waals surface area contributed by atoms with E-state index in [9.17, 15) is 4.79 Å². The molecule has 2 aromatic carbocycles. The van der Waals surface area contributed by atoms with Gasteiger partial charge in [0.2, 0.25) is 0 Å². The van der Waals surface area contributed by atoms with E-state index in [0.717, 1.165) is 42.8 Å². The molecule has 0 N–H and O–H groups in total. The summed E-state index contributed by atoms with van der Waals surface area (Å²) in [7, 11) is 0. The zero-order chi connectivity index (χ0) is 17.9. The van der Waals surface area contributed by atoms with Gasteiger partial charge in [0.15, 0.2) is 0 Å². The van der Waals surface area contributed by atoms with Gasteiger partial charge in [0.05, 0.1) is 15.2 Å². The maximum Gasteiger partial charge on any atom is 0.253 e. The first-order chi connectivity index (χ1) is 12.7. The summed E-state index contributed by atoms with van der Waals surface area (Å²) in [5.74, 6) is 1.58. The van der Waals surface area contributed by atoms with Gasteiger partial charge in [0, 0.05) is 30.3 Å². The average molecular weight is 383 g/mol. The van der Waals surface area contributed by atoms with Crippen LogP contribution in [0.3, 0.4) is 0 Å². The Morgan fingerprint density at radius 2 is 2.00 bits per heavy atom. The number of piperidine rings is 1. The Kier molecular flexibility index (Phi) is 5.27. The fourth-order valence-electron chi connectivity index (χ4n) is 3.54. The van der Waals surface area contributed by atoms with Crippen LogP contribution in [0.5, 0.6) is 0 Å². The number of carbonyl (C=O) groups excluding carboxylic acids is 1. The van der Waals surface area contributed by atoms with Gasteiger partial charge in [-0.1, -0.05) is 24.3 Å². The van der Waals surface area contributed by atoms with Gasteiger partial charge in [-0.05, 0) is 48.9 Å². The van der Waals surface area contributed by atoms with Gasteiger partial charge in [0.25, 0.3) is 5.91 Å². The molecule has 0 atom stereocenters. The van der Waals surface area contributed by atoms with Crippen molar-refractivity contribution in [1.82, 2.24) is 9.88 Å². The summed E-state index contributed by atoms with van der Waals surface area (Å²) >= 11 is 3.58. The minimum absolute atomic E-state index is 0.163. The van der Waals surface area contributed by atoms with Crippen LogP contribution in [-0.2, 0) is 5.75 Å². The first kappa shape index (κ1) is 17.6. The lowest BCUT2D eigenvalue weighted by Gasteiger charge is -2.31. The molecular formula is C21H22N2OS2. The summed E-state index contributed by atoms with van der Waals surface area (Å²) in [4.78, 5) is 19.7. The van der Waals surface area contributed by atoms with Crippen molar-refractivity contribution in [3.63, 3.8) is 0 Å². The molecule has 1 saturated heterocycles. The molecule has 0 unspecified atom stereocenters. The van der Waals surface area contributed by atoms with Crippen molar-refractivity contribution in [3.8, 4) is 0 Å². The molecule has 0 radical (unpaired) electrons. The summed E-state index contributed by atoms with van der Waals surface area (Å²) in [5.41, 5.74) is 3.12. The number of nitrogens with zero attached hydrogens (tertiary/aromatic N) is 2. The Morgan fingerprint density at radius 3 is 2.77 bits per heavy atom. The highest BCUT2D eigenvalue weighted by Crippen LogP contribution is 2.34. The lowest BCUT2D eigenvalue weighted by atomic mass is 9.97. The Bertz CT molecular complexity index is 880. The molecule has 134 valence electrons. The van der Waals surface area contributed by atoms with Crippen LogP contribution in [0, 0.1) is 0 Å². The topological polar surface area (TPSA) is 33.2 Å². The van der Waals surface area contributed by atoms with Gasteiger partial charge in [-0.15, -0.1) is 11.3 Å². The second kappa shape index (κ2) is 7.80. The zero-order valence-electron chi connectivity index (χ0n) is 14.9. The highest BCUT2D eigenvalue weighted by Gasteiger charge is 2.26. The van der Waals surface area contributed by atoms with Gasteiger partial charge in [-0.3, -0.25) is 4.79 Å². The fraction of sp³-hybridized carbons (Fsp3) is 0.333. The third kappa shape index (κ3) is 3.64. The third-order valence-corrected chi connectivity index (χ3v) is 6.75. The molecule has 2 heterocycles. The number of carbonyl (C=O) groups is 1. The van der Waals surface area contributed by atoms with Crippen LogP contribution in [-0.4, -0.2) is 35.1 Å². The Labute approximate surface area is 162 Å². The van der Waals surface area contributed by atoms with E-state index in [4.69, 9.17) is 4.98 Å². The first-order valence-electron chi connectivity index (χ1n) is 8.97. The number of thiazole rings is 1. The van der Waals surface area contributed by atoms with Crippen LogP contribution in [0.1, 0.15) is 39.7 Å². The number of likely N-dealkylation sites (tertiary alicyclic amines) is 1. The molecule has 5 heteroatoms. The van der Waals surface area contributed by atoms with E-state index in [1.165, 1.54) is 15.3 Å². The van der Waals surface area contributed by atoms with E-state index in [2.05, 4.69) is 30.5 Å². The molecule has 0 saturated carbocycles. The highest BCUT2D eigenvalue weighted by atomic mass is 32.2. The molecule has 1 fully saturated rings. The molecule has 4 rings (SSSR count). The van der Waals surface area contributed by atoms with Gasteiger partial charge in [-0.2, -0.15) is 11.8 Å². The minimum Gasteiger partial charge on any atom is -0.339 e. The maximum absolute atomic E-state index is 12.8. The molecule has 0 bridgehead atoms. The normalized spacial score (nSPS) is 15.5. The molecule has 1 aromatic heterocycles. The molecule has 0 aliphatic carbocycles. The standard InChI is InChI=1S/C21H22N2OS2/c1-25-14-15-5-4-6-17(13-15)21(24)23-11-9-16(10-12-23)20-22-18-7-2-3-8-19(18)26-20/h2-8,13,16H,9-12,14H2,1H3. The number of aromatic nitrogens is 1. The van der Waals surface area contributed by atoms with Gasteiger partial charge < -0.3 is 4.90 Å². The second-order valence-electron chi connectivity index (χ2n) is 6.72. The number of benzene rings is 2. The quantitative estimate of drug-likeness (QED) is 0.623. The molecule has 3 nitrogen and oxygen atoms in total. The number of para-hydroxylation sites is 1. The van der Waals surface area contributed by atoms with Crippen LogP contribution in [0.4, 0.5) is 0 Å². The lowest BCUT2D eigenvalue weighted by molar-refractivity contribution is 0.0713. The Balaban J connectivity index is 1.43. The van der Waals surface area contributed by atoms with Crippen LogP contribution in [0.2, 0.25) is 0 Å². The molecule has 1 amide bonds. The van der Waals surface area contributed by atoms with Gasteiger partial charge >= 0.3 is 0 Å². The van der Waals surface area contributed by atoms with E-state index in [0.29, 0.717) is 5.92 Å². The van der Waals surface area contributed by atoms with Crippen molar-refractivity contribution < 1.29 is 4.79 Å². The number of amides is 1. The average Bonchev–Trinajstić information content (AvgIpc) is 3.12. The van der Waals surface area contributed by atoms with Gasteiger partial charge in [0.1, 0.15) is 0 Å². The number of rotatable bonds is 4. The van der Waals surface area contributed by atoms with Crippen molar-refractivity contribution in [1.29, 1.82) is 0 Å². The second-order valence-corrected chi connectivity index (χ2v) is 8.65. The van der Waals surface area contributed by atoms with Crippen LogP contribution in [0.15, 0.2) is 48.5 Å². The summed E-state index contributed by atoms with van der Waals surface area (Å²) in [6.45, 7) is 1.62. The largest absolute Gasteiger partial charge is 0.339 e. The summed E-state index contributed by atoms with van der Waals surface area (Å²) in [5, 5.41) is 1.22. The smallest absolute Gasteiger partial charge is 0.253 e. The van der Waals surface area contributed by atoms with Crippen molar-refractivity contribution >= 4 is 39.2 Å². The Hall–Kier alpha value is -1.85. The monoisotopic (exact) mass is 382 g/mol. The minimum atomic E-state index is 0.163. The van der Waals surface area contributed by atoms with Crippen molar-refractivity contribution in [2.45, 2.75) is 24.5 Å². The third-order valence-electron chi connectivity index (χ3n) is 4.93. The number of hydrogen-bond donors (Lipinski definition) is 0. The van der Waals surface area contributed by atoms with Crippen molar-refractivity contribution in [2.75, 3.05) is 19.3 Å². The van der Waals surface area contributed by atoms with Crippen molar-refractivity contribution in [2.24, 2.45) is 0 Å². The van der Waals surface area contributed by atoms with E-state index < -0.39 is 0 Å². The number of thioether (sulfide) groups is 1. The maximum atomic E-state index is 12.8. The van der Waals surface area contributed by atoms with Crippen molar-refractivity contribution in [3.05, 3.63) is 64.7 Å². The highest BCUT2D eigenvalue weighted by molar-refractivity contribution is 7.97. The summed E-state index contributed by atoms with van der Waals surface area (Å²) < 4.78 is 1.26. The summed E-state index contributed by atoms with van der Waals surface area (Å²) in [6, 6.07) is 16.4. The van der Waals surface area contributed by atoms with E-state index in [1.807, 2.05) is 29.2 Å². The number of fused-ring (bicyclic) bond motifs is 1. The first-order valence-corrected chi connectivity index (χ1v) is 11.2. The SMILES string of the molecule is CSCc1cccc(C(=O)N2CCC(c3nc4ccccc4s3)CC2)c1. The van der Waals surface area contributed by atoms with Crippen LogP contribution >= 0.6 is 23.1 Å². The van der Waals surface area contributed by atoms with Crippen LogP contribution < -0.4 is 0 Å². The van der Waals surface area contributed by atoms with Crippen LogP contribution in [0.25, 0.3) is 10.2 Å². The van der Waals surface area contributed by atoms with E-state index >= 15 is 0 Å². The fourth-order valence-corrected chi connectivity index (χ4v) is 5.19. The molecule has 3 aromatic rings. The lowest BCUT2D eigenvalue weighted by Crippen LogP contribution is -2.37. The molecule has 26 heavy (non-hydrogen) atoms. The van der Waals surface area contributed by atoms with E-state index in [-0.39, 0.29) is 5.91 Å². The predicted molar refractivity (Wildman–Crippen MR) is 111 cm³/mol.